The summed E-state index contributed by atoms with van der Waals surface area (Å²) >= 11 is 5.73. The maximum atomic E-state index is 12.7. The molecular formula is C18H14ClF3N2O6S. The summed E-state index contributed by atoms with van der Waals surface area (Å²) in [5, 5.41) is 8.31. The van der Waals surface area contributed by atoms with Crippen molar-refractivity contribution in [2.45, 2.75) is 11.6 Å². The van der Waals surface area contributed by atoms with E-state index in [0.29, 0.717) is 12.1 Å². The van der Waals surface area contributed by atoms with Gasteiger partial charge in [0.05, 0.1) is 17.7 Å². The molecule has 0 amide bonds. The molecule has 0 N–H and O–H groups in total. The van der Waals surface area contributed by atoms with Gasteiger partial charge in [-0.3, -0.25) is 10.1 Å². The van der Waals surface area contributed by atoms with E-state index in [1.54, 1.807) is 18.2 Å². The predicted octanol–water partition coefficient (Wildman–Crippen LogP) is 4.28. The number of alkyl halides is 3. The Hall–Kier alpha value is -3.12. The third-order valence-corrected chi connectivity index (χ3v) is 5.39. The largest absolute Gasteiger partial charge is 0.480 e. The molecule has 0 bridgehead atoms. The maximum Gasteiger partial charge on any atom is 0.416 e. The molecule has 166 valence electrons. The standard InChI is InChI=1S/C18H14ClF3N2O6S/c1-11(30-15-9-8-13(10-14(15)19)18(20,21)22)17(24(25)26)31(27,28)23-16(29-2)12-6-4-3-5-7-12/h3-10,17H,1H2,2H3/b23-16-. The Morgan fingerprint density at radius 3 is 2.32 bits per heavy atom. The van der Waals surface area contributed by atoms with Crippen LogP contribution in [0, 0.1) is 10.1 Å². The van der Waals surface area contributed by atoms with E-state index >= 15 is 0 Å². The molecule has 1 atom stereocenters. The van der Waals surface area contributed by atoms with E-state index in [2.05, 4.69) is 11.0 Å². The summed E-state index contributed by atoms with van der Waals surface area (Å²) in [6.45, 7) is 3.22. The number of methoxy groups -OCH3 is 1. The third-order valence-electron chi connectivity index (χ3n) is 3.67. The third kappa shape index (κ3) is 5.95. The first kappa shape index (κ1) is 24.2. The fraction of sp³-hybridized carbons (Fsp3) is 0.167. The molecule has 0 saturated heterocycles. The van der Waals surface area contributed by atoms with Crippen LogP contribution in [0.4, 0.5) is 13.2 Å². The van der Waals surface area contributed by atoms with E-state index in [0.717, 1.165) is 13.2 Å². The number of halogens is 4. The number of nitrogens with zero attached hydrogens (tertiary/aromatic N) is 2. The monoisotopic (exact) mass is 478 g/mol. The van der Waals surface area contributed by atoms with Gasteiger partial charge < -0.3 is 9.47 Å². The van der Waals surface area contributed by atoms with Crippen molar-refractivity contribution in [1.29, 1.82) is 0 Å². The minimum atomic E-state index is -4.93. The first-order valence-electron chi connectivity index (χ1n) is 8.17. The lowest BCUT2D eigenvalue weighted by molar-refractivity contribution is -0.491. The molecular weight excluding hydrogens is 465 g/mol. The summed E-state index contributed by atoms with van der Waals surface area (Å²) < 4.78 is 76.7. The van der Waals surface area contributed by atoms with Crippen LogP contribution in [0.2, 0.25) is 5.02 Å². The van der Waals surface area contributed by atoms with E-state index in [1.807, 2.05) is 0 Å². The minimum absolute atomic E-state index is 0.230. The van der Waals surface area contributed by atoms with Crippen LogP contribution < -0.4 is 4.74 Å². The summed E-state index contributed by atoms with van der Waals surface area (Å²) in [4.78, 5) is 10.2. The summed E-state index contributed by atoms with van der Waals surface area (Å²) in [5.41, 5.74) is -0.862. The van der Waals surface area contributed by atoms with E-state index in [-0.39, 0.29) is 5.56 Å². The molecule has 13 heteroatoms. The lowest BCUT2D eigenvalue weighted by Crippen LogP contribution is -2.33. The van der Waals surface area contributed by atoms with Crippen LogP contribution in [0.3, 0.4) is 0 Å². The van der Waals surface area contributed by atoms with E-state index < -0.39 is 54.5 Å². The van der Waals surface area contributed by atoms with Crippen LogP contribution in [0.15, 0.2) is 65.3 Å². The van der Waals surface area contributed by atoms with E-state index in [1.165, 1.54) is 12.1 Å². The highest BCUT2D eigenvalue weighted by molar-refractivity contribution is 7.90. The zero-order valence-electron chi connectivity index (χ0n) is 15.7. The molecule has 1 unspecified atom stereocenters. The Bertz CT molecular complexity index is 1120. The Morgan fingerprint density at radius 1 is 1.23 bits per heavy atom. The summed E-state index contributed by atoms with van der Waals surface area (Å²) in [5.74, 6) is -1.81. The van der Waals surface area contributed by atoms with Crippen molar-refractivity contribution >= 4 is 27.5 Å². The van der Waals surface area contributed by atoms with Crippen molar-refractivity contribution in [3.63, 3.8) is 0 Å². The molecule has 8 nitrogen and oxygen atoms in total. The fourth-order valence-electron chi connectivity index (χ4n) is 2.30. The number of hydrogen-bond acceptors (Lipinski definition) is 6. The van der Waals surface area contributed by atoms with Gasteiger partial charge in [-0.25, -0.2) is 0 Å². The van der Waals surface area contributed by atoms with Gasteiger partial charge in [0.2, 0.25) is 5.90 Å². The molecule has 0 radical (unpaired) electrons. The van der Waals surface area contributed by atoms with Crippen LogP contribution >= 0.6 is 11.6 Å². The number of nitro groups is 1. The summed E-state index contributed by atoms with van der Waals surface area (Å²) in [6, 6.07) is 9.63. The quantitative estimate of drug-likeness (QED) is 0.193. The molecule has 0 aliphatic rings. The Balaban J connectivity index is 2.38. The Morgan fingerprint density at radius 2 is 1.84 bits per heavy atom. The maximum absolute atomic E-state index is 12.7. The van der Waals surface area contributed by atoms with Crippen LogP contribution in [0.25, 0.3) is 0 Å². The SMILES string of the molecule is C=C(Oc1ccc(C(F)(F)F)cc1Cl)C([N+](=O)[O-])S(=O)(=O)/N=C(\OC)c1ccccc1. The van der Waals surface area contributed by atoms with Gasteiger partial charge in [0.15, 0.2) is 5.76 Å². The summed E-state index contributed by atoms with van der Waals surface area (Å²) in [6.07, 6.45) is -4.69. The van der Waals surface area contributed by atoms with Crippen molar-refractivity contribution in [2.75, 3.05) is 7.11 Å². The molecule has 2 aromatic rings. The second-order valence-electron chi connectivity index (χ2n) is 5.83. The smallest absolute Gasteiger partial charge is 0.416 e. The molecule has 0 spiro atoms. The Kier molecular flexibility index (Phi) is 7.28. The highest BCUT2D eigenvalue weighted by Crippen LogP contribution is 2.35. The number of hydrogen-bond donors (Lipinski definition) is 0. The van der Waals surface area contributed by atoms with Crippen molar-refractivity contribution in [3.8, 4) is 5.75 Å². The normalized spacial score (nSPS) is 13.4. The molecule has 0 aliphatic carbocycles. The molecule has 2 aromatic carbocycles. The lowest BCUT2D eigenvalue weighted by atomic mass is 10.2. The van der Waals surface area contributed by atoms with Crippen LogP contribution in [0.1, 0.15) is 11.1 Å². The number of ether oxygens (including phenoxy) is 2. The predicted molar refractivity (Wildman–Crippen MR) is 106 cm³/mol. The molecule has 0 fully saturated rings. The highest BCUT2D eigenvalue weighted by atomic mass is 35.5. The average Bonchev–Trinajstić information content (AvgIpc) is 2.67. The highest BCUT2D eigenvalue weighted by Gasteiger charge is 2.42. The van der Waals surface area contributed by atoms with Gasteiger partial charge in [0.1, 0.15) is 5.75 Å². The molecule has 31 heavy (non-hydrogen) atoms. The van der Waals surface area contributed by atoms with Gasteiger partial charge in [-0.2, -0.15) is 21.6 Å². The van der Waals surface area contributed by atoms with Gasteiger partial charge >= 0.3 is 21.6 Å². The zero-order chi connectivity index (χ0) is 23.4. The van der Waals surface area contributed by atoms with Crippen LogP contribution in [-0.4, -0.2) is 31.7 Å². The van der Waals surface area contributed by atoms with E-state index in [4.69, 9.17) is 21.1 Å². The van der Waals surface area contributed by atoms with E-state index in [9.17, 15) is 31.7 Å². The lowest BCUT2D eigenvalue weighted by Gasteiger charge is -2.14. The molecule has 0 aromatic heterocycles. The average molecular weight is 479 g/mol. The number of sulfonamides is 1. The number of benzene rings is 2. The van der Waals surface area contributed by atoms with Gasteiger partial charge in [-0.1, -0.05) is 36.4 Å². The Labute approximate surface area is 179 Å². The first-order chi connectivity index (χ1) is 14.4. The topological polar surface area (TPSA) is 108 Å². The van der Waals surface area contributed by atoms with Gasteiger partial charge in [0.25, 0.3) is 0 Å². The second kappa shape index (κ2) is 9.35. The molecule has 2 rings (SSSR count). The fourth-order valence-corrected chi connectivity index (χ4v) is 3.63. The minimum Gasteiger partial charge on any atom is -0.480 e. The molecule has 0 saturated carbocycles. The molecule has 0 aliphatic heterocycles. The first-order valence-corrected chi connectivity index (χ1v) is 10.0. The van der Waals surface area contributed by atoms with Crippen LogP contribution in [0.5, 0.6) is 5.75 Å². The molecule has 0 heterocycles. The van der Waals surface area contributed by atoms with Crippen molar-refractivity contribution in [3.05, 3.63) is 87.1 Å². The zero-order valence-corrected chi connectivity index (χ0v) is 17.2. The van der Waals surface area contributed by atoms with Gasteiger partial charge in [0, 0.05) is 10.5 Å². The van der Waals surface area contributed by atoms with Gasteiger partial charge in [-0.05, 0) is 30.3 Å². The number of rotatable bonds is 7. The second-order valence-corrected chi connectivity index (χ2v) is 7.90. The van der Waals surface area contributed by atoms with Crippen molar-refractivity contribution in [1.82, 2.24) is 0 Å². The van der Waals surface area contributed by atoms with Gasteiger partial charge in [-0.15, -0.1) is 4.40 Å². The summed E-state index contributed by atoms with van der Waals surface area (Å²) in [7, 11) is -3.81. The van der Waals surface area contributed by atoms with Crippen molar-refractivity contribution < 1.29 is 36.0 Å². The van der Waals surface area contributed by atoms with Crippen LogP contribution in [-0.2, 0) is 20.9 Å². The van der Waals surface area contributed by atoms with Crippen molar-refractivity contribution in [2.24, 2.45) is 4.40 Å².